The van der Waals surface area contributed by atoms with Crippen molar-refractivity contribution in [2.24, 2.45) is 5.41 Å². The lowest BCUT2D eigenvalue weighted by Crippen LogP contribution is -2.49. The molecule has 0 aliphatic heterocycles. The summed E-state index contributed by atoms with van der Waals surface area (Å²) in [5.41, 5.74) is -1.12. The second kappa shape index (κ2) is 20.5. The van der Waals surface area contributed by atoms with Gasteiger partial charge in [-0.25, -0.2) is 0 Å². The van der Waals surface area contributed by atoms with Gasteiger partial charge in [-0.05, 0) is 72.6 Å². The van der Waals surface area contributed by atoms with Crippen LogP contribution in [0.25, 0.3) is 0 Å². The molecule has 0 aromatic heterocycles. The average molecular weight is 565 g/mol. The van der Waals surface area contributed by atoms with Crippen LogP contribution in [0.5, 0.6) is 0 Å². The Hall–Kier alpha value is -0.320. The average Bonchev–Trinajstić information content (AvgIpc) is 2.91. The molecule has 0 aromatic rings. The predicted octanol–water partition coefficient (Wildman–Crippen LogP) is 5.55. The zero-order chi connectivity index (χ0) is 29.8. The van der Waals surface area contributed by atoms with E-state index in [4.69, 9.17) is 33.5 Å². The Morgan fingerprint density at radius 2 is 1.21 bits per heavy atom. The van der Waals surface area contributed by atoms with Crippen LogP contribution in [0, 0.1) is 5.41 Å². The van der Waals surface area contributed by atoms with E-state index in [2.05, 4.69) is 62.3 Å². The summed E-state index contributed by atoms with van der Waals surface area (Å²) in [4.78, 5) is 0. The molecule has 0 rings (SSSR count). The molecule has 0 spiro atoms. The van der Waals surface area contributed by atoms with Crippen molar-refractivity contribution < 1.29 is 38.6 Å². The number of hydrogen-bond acceptors (Lipinski definition) is 8. The first kappa shape index (κ1) is 38.7. The first-order valence-corrected chi connectivity index (χ1v) is 15.3. The molecule has 0 aromatic carbocycles. The summed E-state index contributed by atoms with van der Waals surface area (Å²) in [6.45, 7) is 24.1. The summed E-state index contributed by atoms with van der Waals surface area (Å²) in [6.07, 6.45) is 5.18. The van der Waals surface area contributed by atoms with Crippen molar-refractivity contribution in [1.82, 2.24) is 0 Å². The van der Waals surface area contributed by atoms with E-state index in [0.29, 0.717) is 46.1 Å². The Labute approximate surface area is 240 Å². The van der Waals surface area contributed by atoms with Crippen molar-refractivity contribution >= 4 is 0 Å². The van der Waals surface area contributed by atoms with Crippen LogP contribution in [0.15, 0.2) is 0 Å². The van der Waals surface area contributed by atoms with Crippen LogP contribution in [0.1, 0.15) is 107 Å². The molecule has 0 amide bonds. The van der Waals surface area contributed by atoms with E-state index in [1.165, 1.54) is 0 Å². The molecular formula is C31H64O8. The van der Waals surface area contributed by atoms with Crippen molar-refractivity contribution in [2.75, 3.05) is 66.1 Å². The van der Waals surface area contributed by atoms with Crippen LogP contribution in [-0.4, -0.2) is 99.2 Å². The second-order valence-electron chi connectivity index (χ2n) is 12.0. The second-order valence-corrected chi connectivity index (χ2v) is 12.0. The molecule has 8 nitrogen and oxygen atoms in total. The highest BCUT2D eigenvalue weighted by Gasteiger charge is 2.43. The number of rotatable bonds is 27. The normalized spacial score (nSPS) is 17.9. The molecule has 0 radical (unpaired) electrons. The molecule has 0 saturated heterocycles. The van der Waals surface area contributed by atoms with Gasteiger partial charge in [-0.1, -0.05) is 34.6 Å². The highest BCUT2D eigenvalue weighted by molar-refractivity contribution is 4.92. The van der Waals surface area contributed by atoms with E-state index in [1.807, 2.05) is 0 Å². The maximum Gasteiger partial charge on any atom is 0.101 e. The molecule has 236 valence electrons. The van der Waals surface area contributed by atoms with E-state index < -0.39 is 6.10 Å². The van der Waals surface area contributed by atoms with Crippen molar-refractivity contribution in [3.05, 3.63) is 0 Å². The lowest BCUT2D eigenvalue weighted by atomic mass is 9.73. The fourth-order valence-corrected chi connectivity index (χ4v) is 3.97. The predicted molar refractivity (Wildman–Crippen MR) is 157 cm³/mol. The van der Waals surface area contributed by atoms with Crippen LogP contribution in [0.4, 0.5) is 0 Å². The SMILES string of the molecule is CCCOCCOC(C)(CC)CCOC(C)(C)C(C)(CC)COC(C)(CC)CCOCC(O)COCCCO. The van der Waals surface area contributed by atoms with E-state index in [-0.39, 0.29) is 42.0 Å². The summed E-state index contributed by atoms with van der Waals surface area (Å²) in [5, 5.41) is 18.8. The number of aliphatic hydroxyl groups is 2. The number of hydrogen-bond donors (Lipinski definition) is 2. The zero-order valence-corrected chi connectivity index (χ0v) is 26.9. The highest BCUT2D eigenvalue weighted by atomic mass is 16.5. The highest BCUT2D eigenvalue weighted by Crippen LogP contribution is 2.40. The fraction of sp³-hybridized carbons (Fsp3) is 1.00. The molecule has 0 heterocycles. The van der Waals surface area contributed by atoms with Crippen LogP contribution in [-0.2, 0) is 28.4 Å². The third kappa shape index (κ3) is 16.0. The largest absolute Gasteiger partial charge is 0.396 e. The molecular weight excluding hydrogens is 500 g/mol. The Balaban J connectivity index is 4.72. The standard InChI is InChI=1S/C31H64O8/c1-10-18-34-22-23-38-30(8,12-3)16-21-37-28(5,6)29(7,11-2)26-39-31(9,13-4)15-20-36-25-27(33)24-35-19-14-17-32/h27,32-33H,10-26H2,1-9H3. The molecule has 0 fully saturated rings. The minimum absolute atomic E-state index is 0.0886. The summed E-state index contributed by atoms with van der Waals surface area (Å²) >= 11 is 0. The van der Waals surface area contributed by atoms with Gasteiger partial charge < -0.3 is 38.6 Å². The third-order valence-corrected chi connectivity index (χ3v) is 8.43. The van der Waals surface area contributed by atoms with Gasteiger partial charge in [0.15, 0.2) is 0 Å². The minimum atomic E-state index is -0.673. The molecule has 0 bridgehead atoms. The topological polar surface area (TPSA) is 95.8 Å². The summed E-state index contributed by atoms with van der Waals surface area (Å²) in [6, 6.07) is 0. The van der Waals surface area contributed by atoms with E-state index in [1.54, 1.807) is 0 Å². The number of aliphatic hydroxyl groups excluding tert-OH is 2. The van der Waals surface area contributed by atoms with E-state index in [0.717, 1.165) is 45.1 Å². The maximum atomic E-state index is 10.0. The van der Waals surface area contributed by atoms with Crippen LogP contribution in [0.3, 0.4) is 0 Å². The van der Waals surface area contributed by atoms with Crippen molar-refractivity contribution in [2.45, 2.75) is 130 Å². The van der Waals surface area contributed by atoms with Gasteiger partial charge in [0.1, 0.15) is 6.10 Å². The molecule has 8 heteroatoms. The van der Waals surface area contributed by atoms with Crippen molar-refractivity contribution in [1.29, 1.82) is 0 Å². The monoisotopic (exact) mass is 564 g/mol. The summed E-state index contributed by atoms with van der Waals surface area (Å²) in [5.74, 6) is 0. The molecule has 0 saturated carbocycles. The molecule has 4 unspecified atom stereocenters. The van der Waals surface area contributed by atoms with E-state index in [9.17, 15) is 5.11 Å². The lowest BCUT2D eigenvalue weighted by molar-refractivity contribution is -0.172. The van der Waals surface area contributed by atoms with Gasteiger partial charge in [-0.2, -0.15) is 0 Å². The first-order chi connectivity index (χ1) is 18.4. The Kier molecular flexibility index (Phi) is 20.4. The Morgan fingerprint density at radius 1 is 0.615 bits per heavy atom. The quantitative estimate of drug-likeness (QED) is 0.125. The molecule has 0 aliphatic carbocycles. The molecule has 0 aliphatic rings. The Bertz CT molecular complexity index is 589. The van der Waals surface area contributed by atoms with Gasteiger partial charge in [0.05, 0.1) is 56.4 Å². The zero-order valence-electron chi connectivity index (χ0n) is 26.9. The van der Waals surface area contributed by atoms with Crippen molar-refractivity contribution in [3.8, 4) is 0 Å². The number of ether oxygens (including phenoxy) is 6. The van der Waals surface area contributed by atoms with Gasteiger partial charge in [0, 0.05) is 31.8 Å². The van der Waals surface area contributed by atoms with E-state index >= 15 is 0 Å². The van der Waals surface area contributed by atoms with Gasteiger partial charge in [0.2, 0.25) is 0 Å². The van der Waals surface area contributed by atoms with Gasteiger partial charge in [-0.3, -0.25) is 0 Å². The first-order valence-electron chi connectivity index (χ1n) is 15.3. The van der Waals surface area contributed by atoms with Crippen LogP contribution in [0.2, 0.25) is 0 Å². The van der Waals surface area contributed by atoms with Gasteiger partial charge in [0.25, 0.3) is 0 Å². The van der Waals surface area contributed by atoms with Gasteiger partial charge >= 0.3 is 0 Å². The molecule has 2 N–H and O–H groups in total. The summed E-state index contributed by atoms with van der Waals surface area (Å²) in [7, 11) is 0. The molecule has 4 atom stereocenters. The smallest absolute Gasteiger partial charge is 0.101 e. The van der Waals surface area contributed by atoms with Crippen LogP contribution < -0.4 is 0 Å². The summed E-state index contributed by atoms with van der Waals surface area (Å²) < 4.78 is 35.9. The third-order valence-electron chi connectivity index (χ3n) is 8.43. The molecule has 39 heavy (non-hydrogen) atoms. The lowest BCUT2D eigenvalue weighted by Gasteiger charge is -2.46. The fourth-order valence-electron chi connectivity index (χ4n) is 3.97. The van der Waals surface area contributed by atoms with Crippen molar-refractivity contribution in [3.63, 3.8) is 0 Å². The Morgan fingerprint density at radius 3 is 1.77 bits per heavy atom. The van der Waals surface area contributed by atoms with Gasteiger partial charge in [-0.15, -0.1) is 0 Å². The maximum absolute atomic E-state index is 10.0. The van der Waals surface area contributed by atoms with Crippen LogP contribution >= 0.6 is 0 Å². The minimum Gasteiger partial charge on any atom is -0.396 e.